The summed E-state index contributed by atoms with van der Waals surface area (Å²) in [6.45, 7) is 3.82. The average molecular weight is 213 g/mol. The first kappa shape index (κ1) is 12.5. The van der Waals surface area contributed by atoms with Gasteiger partial charge in [-0.25, -0.2) is 0 Å². The number of hydrogen-bond donors (Lipinski definition) is 1. The Hall–Kier alpha value is -0.610. The zero-order valence-corrected chi connectivity index (χ0v) is 10.1. The first-order valence-corrected chi connectivity index (χ1v) is 5.73. The summed E-state index contributed by atoms with van der Waals surface area (Å²) < 4.78 is 0. The minimum atomic E-state index is 0.231. The van der Waals surface area contributed by atoms with Gasteiger partial charge in [-0.2, -0.15) is 0 Å². The standard InChI is InChI=1S/C11H23N3O/c1-12-6-4-7-14(3)11(15)10-5-8-13(2)9-10/h10,12H,4-9H2,1-3H3. The van der Waals surface area contributed by atoms with Crippen molar-refractivity contribution in [3.63, 3.8) is 0 Å². The Morgan fingerprint density at radius 3 is 2.87 bits per heavy atom. The van der Waals surface area contributed by atoms with Crippen LogP contribution in [0.2, 0.25) is 0 Å². The molecule has 1 aliphatic rings. The summed E-state index contributed by atoms with van der Waals surface area (Å²) in [4.78, 5) is 16.1. The largest absolute Gasteiger partial charge is 0.345 e. The Kier molecular flexibility index (Phi) is 5.05. The fourth-order valence-corrected chi connectivity index (χ4v) is 2.05. The van der Waals surface area contributed by atoms with Crippen LogP contribution >= 0.6 is 0 Å². The Morgan fingerprint density at radius 1 is 1.60 bits per heavy atom. The van der Waals surface area contributed by atoms with Crippen molar-refractivity contribution in [2.24, 2.45) is 5.92 Å². The molecule has 15 heavy (non-hydrogen) atoms. The molecule has 1 saturated heterocycles. The first-order valence-electron chi connectivity index (χ1n) is 5.73. The van der Waals surface area contributed by atoms with E-state index in [-0.39, 0.29) is 5.92 Å². The number of nitrogens with zero attached hydrogens (tertiary/aromatic N) is 2. The number of nitrogens with one attached hydrogen (secondary N) is 1. The van der Waals surface area contributed by atoms with Gasteiger partial charge >= 0.3 is 0 Å². The molecule has 0 bridgehead atoms. The number of likely N-dealkylation sites (tertiary alicyclic amines) is 1. The highest BCUT2D eigenvalue weighted by Crippen LogP contribution is 2.16. The molecule has 1 amide bonds. The van der Waals surface area contributed by atoms with Crippen molar-refractivity contribution in [1.29, 1.82) is 0 Å². The summed E-state index contributed by atoms with van der Waals surface area (Å²) >= 11 is 0. The van der Waals surface area contributed by atoms with Crippen LogP contribution < -0.4 is 5.32 Å². The summed E-state index contributed by atoms with van der Waals surface area (Å²) in [5.41, 5.74) is 0. The predicted octanol–water partition coefficient (Wildman–Crippen LogP) is 0.00600. The van der Waals surface area contributed by atoms with Crippen LogP contribution in [-0.2, 0) is 4.79 Å². The van der Waals surface area contributed by atoms with E-state index in [4.69, 9.17) is 0 Å². The van der Waals surface area contributed by atoms with E-state index >= 15 is 0 Å². The average Bonchev–Trinajstić information content (AvgIpc) is 2.64. The lowest BCUT2D eigenvalue weighted by Gasteiger charge is -2.20. The van der Waals surface area contributed by atoms with Gasteiger partial charge in [-0.05, 0) is 40.0 Å². The maximum atomic E-state index is 12.0. The fourth-order valence-electron chi connectivity index (χ4n) is 2.05. The number of carbonyl (C=O) groups excluding carboxylic acids is 1. The van der Waals surface area contributed by atoms with Crippen molar-refractivity contribution < 1.29 is 4.79 Å². The monoisotopic (exact) mass is 213 g/mol. The van der Waals surface area contributed by atoms with Crippen LogP contribution in [0, 0.1) is 5.92 Å². The molecule has 1 fully saturated rings. The lowest BCUT2D eigenvalue weighted by molar-refractivity contribution is -0.133. The Morgan fingerprint density at radius 2 is 2.33 bits per heavy atom. The summed E-state index contributed by atoms with van der Waals surface area (Å²) in [5, 5.41) is 3.09. The molecule has 0 spiro atoms. The van der Waals surface area contributed by atoms with Gasteiger partial charge in [0.15, 0.2) is 0 Å². The molecule has 0 aliphatic carbocycles. The van der Waals surface area contributed by atoms with E-state index in [2.05, 4.69) is 17.3 Å². The Balaban J connectivity index is 2.26. The molecule has 1 atom stereocenters. The maximum Gasteiger partial charge on any atom is 0.226 e. The van der Waals surface area contributed by atoms with Crippen molar-refractivity contribution in [3.05, 3.63) is 0 Å². The lowest BCUT2D eigenvalue weighted by atomic mass is 10.1. The van der Waals surface area contributed by atoms with E-state index in [0.717, 1.165) is 39.0 Å². The molecular formula is C11H23N3O. The molecule has 1 unspecified atom stereocenters. The third-order valence-corrected chi connectivity index (χ3v) is 3.04. The van der Waals surface area contributed by atoms with E-state index < -0.39 is 0 Å². The molecule has 1 rings (SSSR count). The highest BCUT2D eigenvalue weighted by atomic mass is 16.2. The van der Waals surface area contributed by atoms with Crippen molar-refractivity contribution in [2.75, 3.05) is 47.3 Å². The molecule has 1 N–H and O–H groups in total. The highest BCUT2D eigenvalue weighted by Gasteiger charge is 2.27. The van der Waals surface area contributed by atoms with Gasteiger partial charge < -0.3 is 15.1 Å². The van der Waals surface area contributed by atoms with Crippen LogP contribution in [0.4, 0.5) is 0 Å². The van der Waals surface area contributed by atoms with Crippen molar-refractivity contribution >= 4 is 5.91 Å². The molecular weight excluding hydrogens is 190 g/mol. The van der Waals surface area contributed by atoms with Crippen LogP contribution in [0.1, 0.15) is 12.8 Å². The third-order valence-electron chi connectivity index (χ3n) is 3.04. The number of rotatable bonds is 5. The third kappa shape index (κ3) is 3.80. The lowest BCUT2D eigenvalue weighted by Crippen LogP contribution is -2.35. The minimum Gasteiger partial charge on any atom is -0.345 e. The fraction of sp³-hybridized carbons (Fsp3) is 0.909. The van der Waals surface area contributed by atoms with Crippen LogP contribution in [0.3, 0.4) is 0 Å². The molecule has 88 valence electrons. The normalized spacial score (nSPS) is 21.9. The molecule has 0 saturated carbocycles. The van der Waals surface area contributed by atoms with Gasteiger partial charge in [0.2, 0.25) is 5.91 Å². The highest BCUT2D eigenvalue weighted by molar-refractivity contribution is 5.79. The van der Waals surface area contributed by atoms with Gasteiger partial charge in [-0.1, -0.05) is 0 Å². The topological polar surface area (TPSA) is 35.6 Å². The molecule has 1 aliphatic heterocycles. The molecule has 0 aromatic heterocycles. The zero-order valence-electron chi connectivity index (χ0n) is 10.1. The van der Waals surface area contributed by atoms with Gasteiger partial charge in [0.1, 0.15) is 0 Å². The van der Waals surface area contributed by atoms with Crippen molar-refractivity contribution in [3.8, 4) is 0 Å². The Labute approximate surface area is 92.6 Å². The molecule has 4 nitrogen and oxygen atoms in total. The van der Waals surface area contributed by atoms with E-state index in [9.17, 15) is 4.79 Å². The summed E-state index contributed by atoms with van der Waals surface area (Å²) in [5.74, 6) is 0.546. The molecule has 0 aromatic carbocycles. The van der Waals surface area contributed by atoms with Gasteiger partial charge in [-0.15, -0.1) is 0 Å². The van der Waals surface area contributed by atoms with E-state index in [1.165, 1.54) is 0 Å². The van der Waals surface area contributed by atoms with Gasteiger partial charge in [-0.3, -0.25) is 4.79 Å². The smallest absolute Gasteiger partial charge is 0.226 e. The van der Waals surface area contributed by atoms with Crippen LogP contribution in [-0.4, -0.2) is 63.0 Å². The number of hydrogen-bond acceptors (Lipinski definition) is 3. The summed E-state index contributed by atoms with van der Waals surface area (Å²) in [6.07, 6.45) is 2.05. The van der Waals surface area contributed by atoms with Crippen molar-refractivity contribution in [1.82, 2.24) is 15.1 Å². The van der Waals surface area contributed by atoms with Crippen LogP contribution in [0.25, 0.3) is 0 Å². The first-order chi connectivity index (χ1) is 7.15. The summed E-state index contributed by atoms with van der Waals surface area (Å²) in [6, 6.07) is 0. The minimum absolute atomic E-state index is 0.231. The maximum absolute atomic E-state index is 12.0. The molecule has 4 heteroatoms. The SMILES string of the molecule is CNCCCN(C)C(=O)C1CCN(C)C1. The van der Waals surface area contributed by atoms with E-state index in [1.807, 2.05) is 19.0 Å². The van der Waals surface area contributed by atoms with Crippen LogP contribution in [0.15, 0.2) is 0 Å². The molecule has 0 radical (unpaired) electrons. The van der Waals surface area contributed by atoms with Crippen molar-refractivity contribution in [2.45, 2.75) is 12.8 Å². The van der Waals surface area contributed by atoms with Crippen LogP contribution in [0.5, 0.6) is 0 Å². The predicted molar refractivity (Wildman–Crippen MR) is 61.8 cm³/mol. The second kappa shape index (κ2) is 6.08. The zero-order chi connectivity index (χ0) is 11.3. The van der Waals surface area contributed by atoms with Gasteiger partial charge in [0.05, 0.1) is 5.92 Å². The second-order valence-corrected chi connectivity index (χ2v) is 4.46. The quantitative estimate of drug-likeness (QED) is 0.653. The summed E-state index contributed by atoms with van der Waals surface area (Å²) in [7, 11) is 5.93. The van der Waals surface area contributed by atoms with Gasteiger partial charge in [0.25, 0.3) is 0 Å². The Bertz CT molecular complexity index is 208. The number of carbonyl (C=O) groups is 1. The van der Waals surface area contributed by atoms with E-state index in [0.29, 0.717) is 5.91 Å². The van der Waals surface area contributed by atoms with E-state index in [1.54, 1.807) is 0 Å². The van der Waals surface area contributed by atoms with Gasteiger partial charge in [0, 0.05) is 20.1 Å². The molecule has 0 aromatic rings. The second-order valence-electron chi connectivity index (χ2n) is 4.46. The molecule has 1 heterocycles. The number of amides is 1.